The van der Waals surface area contributed by atoms with Crippen LogP contribution in [0.2, 0.25) is 0 Å². The minimum absolute atomic E-state index is 0.0211. The van der Waals surface area contributed by atoms with Gasteiger partial charge in [0.05, 0.1) is 12.8 Å². The largest absolute Gasteiger partial charge is 0.392 e. The van der Waals surface area contributed by atoms with Gasteiger partial charge < -0.3 is 15.8 Å². The van der Waals surface area contributed by atoms with Gasteiger partial charge in [0.15, 0.2) is 0 Å². The molecule has 0 bridgehead atoms. The fraction of sp³-hybridized carbons (Fsp3) is 0.375. The molecule has 5 N–H and O–H groups in total. The lowest BCUT2D eigenvalue weighted by Crippen LogP contribution is -2.27. The molecule has 6 heteroatoms. The maximum Gasteiger partial charge on any atom is 0.209 e. The van der Waals surface area contributed by atoms with Gasteiger partial charge >= 0.3 is 0 Å². The molecule has 0 aliphatic carbocycles. The molecule has 0 fully saturated rings. The van der Waals surface area contributed by atoms with Gasteiger partial charge in [-0.1, -0.05) is 25.8 Å². The molecule has 0 saturated carbocycles. The monoisotopic (exact) mass is 301 g/mol. The van der Waals surface area contributed by atoms with Gasteiger partial charge in [-0.2, -0.15) is 5.10 Å². The molecule has 0 saturated heterocycles. The smallest absolute Gasteiger partial charge is 0.209 e. The predicted molar refractivity (Wildman–Crippen MR) is 91.0 cm³/mol. The Labute approximate surface area is 130 Å². The van der Waals surface area contributed by atoms with Crippen LogP contribution in [0.1, 0.15) is 37.3 Å². The average molecular weight is 301 g/mol. The fourth-order valence-corrected chi connectivity index (χ4v) is 2.16. The molecule has 0 aliphatic rings. The summed E-state index contributed by atoms with van der Waals surface area (Å²) in [7, 11) is 0. The zero-order valence-corrected chi connectivity index (χ0v) is 12.8. The van der Waals surface area contributed by atoms with E-state index in [4.69, 9.17) is 5.73 Å². The summed E-state index contributed by atoms with van der Waals surface area (Å²) in [6.07, 6.45) is 6.91. The number of nitrogens with one attached hydrogen (secondary N) is 2. The number of aliphatic imine (C=N–C) groups is 1. The van der Waals surface area contributed by atoms with E-state index in [2.05, 4.69) is 27.4 Å². The lowest BCUT2D eigenvalue weighted by Gasteiger charge is -1.99. The first-order valence-corrected chi connectivity index (χ1v) is 7.54. The molecule has 2 aromatic rings. The van der Waals surface area contributed by atoms with Gasteiger partial charge in [0, 0.05) is 29.2 Å². The maximum absolute atomic E-state index is 9.21. The van der Waals surface area contributed by atoms with E-state index >= 15 is 0 Å². The van der Waals surface area contributed by atoms with E-state index in [1.807, 2.05) is 24.4 Å². The number of aliphatic hydroxyl groups is 1. The number of aliphatic hydroxyl groups excluding tert-OH is 1. The van der Waals surface area contributed by atoms with Crippen molar-refractivity contribution in [3.63, 3.8) is 0 Å². The summed E-state index contributed by atoms with van der Waals surface area (Å²) in [5, 5.41) is 14.3. The highest BCUT2D eigenvalue weighted by Crippen LogP contribution is 2.18. The first kappa shape index (κ1) is 16.0. The predicted octanol–water partition coefficient (Wildman–Crippen LogP) is 2.09. The van der Waals surface area contributed by atoms with Crippen molar-refractivity contribution in [3.8, 4) is 0 Å². The molecule has 6 nitrogen and oxygen atoms in total. The van der Waals surface area contributed by atoms with Crippen LogP contribution < -0.4 is 11.2 Å². The number of hydrogen-bond donors (Lipinski definition) is 4. The molecule has 22 heavy (non-hydrogen) atoms. The number of fused-ring (bicyclic) bond motifs is 1. The molecule has 1 heterocycles. The Bertz CT molecular complexity index is 660. The van der Waals surface area contributed by atoms with Crippen LogP contribution in [0, 0.1) is 0 Å². The number of unbranched alkanes of at least 4 members (excludes halogenated alkanes) is 2. The highest BCUT2D eigenvalue weighted by Gasteiger charge is 2.02. The number of nitrogens with zero attached hydrogens (tertiary/aromatic N) is 2. The van der Waals surface area contributed by atoms with Crippen LogP contribution in [0.25, 0.3) is 10.9 Å². The number of hydrazone groups is 1. The van der Waals surface area contributed by atoms with E-state index in [1.54, 1.807) is 6.21 Å². The SMILES string of the molecule is CCCCCN=C(N)NN=Cc1c[nH]c2ccc(CO)cc12. The van der Waals surface area contributed by atoms with E-state index < -0.39 is 0 Å². The molecule has 1 aromatic heterocycles. The molecule has 0 radical (unpaired) electrons. The molecular formula is C16H23N5O. The van der Waals surface area contributed by atoms with E-state index in [0.717, 1.165) is 47.8 Å². The second-order valence-electron chi connectivity index (χ2n) is 5.13. The van der Waals surface area contributed by atoms with Crippen LogP contribution in [0.3, 0.4) is 0 Å². The van der Waals surface area contributed by atoms with Crippen molar-refractivity contribution >= 4 is 23.1 Å². The van der Waals surface area contributed by atoms with E-state index in [9.17, 15) is 5.11 Å². The third-order valence-corrected chi connectivity index (χ3v) is 3.39. The minimum atomic E-state index is 0.0211. The number of guanidine groups is 1. The molecule has 0 spiro atoms. The Morgan fingerprint density at radius 3 is 3.05 bits per heavy atom. The van der Waals surface area contributed by atoms with Crippen LogP contribution in [0.4, 0.5) is 0 Å². The van der Waals surface area contributed by atoms with Gasteiger partial charge in [-0.3, -0.25) is 4.99 Å². The maximum atomic E-state index is 9.21. The second-order valence-corrected chi connectivity index (χ2v) is 5.13. The molecule has 0 unspecified atom stereocenters. The first-order chi connectivity index (χ1) is 10.7. The highest BCUT2D eigenvalue weighted by molar-refractivity contribution is 5.99. The number of H-pyrrole nitrogens is 1. The summed E-state index contributed by atoms with van der Waals surface area (Å²) in [5.41, 5.74) is 11.3. The van der Waals surface area contributed by atoms with Gasteiger partial charge in [0.2, 0.25) is 5.96 Å². The van der Waals surface area contributed by atoms with Crippen molar-refractivity contribution in [2.24, 2.45) is 15.8 Å². The summed E-state index contributed by atoms with van der Waals surface area (Å²) in [4.78, 5) is 7.36. The Hall–Kier alpha value is -2.34. The van der Waals surface area contributed by atoms with Gasteiger partial charge in [0.25, 0.3) is 0 Å². The molecule has 0 amide bonds. The lowest BCUT2D eigenvalue weighted by atomic mass is 10.1. The molecule has 118 valence electrons. The van der Waals surface area contributed by atoms with Crippen LogP contribution in [-0.4, -0.2) is 28.8 Å². The van der Waals surface area contributed by atoms with Crippen molar-refractivity contribution in [2.45, 2.75) is 32.8 Å². The van der Waals surface area contributed by atoms with Crippen LogP contribution in [-0.2, 0) is 6.61 Å². The molecular weight excluding hydrogens is 278 g/mol. The minimum Gasteiger partial charge on any atom is -0.392 e. The van der Waals surface area contributed by atoms with Crippen LogP contribution in [0.5, 0.6) is 0 Å². The quantitative estimate of drug-likeness (QED) is 0.273. The van der Waals surface area contributed by atoms with E-state index in [1.165, 1.54) is 0 Å². The summed E-state index contributed by atoms with van der Waals surface area (Å²) in [5.74, 6) is 0.322. The summed E-state index contributed by atoms with van der Waals surface area (Å²) >= 11 is 0. The second kappa shape index (κ2) is 8.19. The van der Waals surface area contributed by atoms with Gasteiger partial charge in [0.1, 0.15) is 0 Å². The zero-order chi connectivity index (χ0) is 15.8. The number of rotatable bonds is 7. The third-order valence-electron chi connectivity index (χ3n) is 3.39. The van der Waals surface area contributed by atoms with Crippen LogP contribution >= 0.6 is 0 Å². The Morgan fingerprint density at radius 2 is 2.27 bits per heavy atom. The number of aromatic nitrogens is 1. The van der Waals surface area contributed by atoms with Crippen molar-refractivity contribution in [2.75, 3.05) is 6.54 Å². The van der Waals surface area contributed by atoms with Gasteiger partial charge in [-0.05, 0) is 24.1 Å². The Morgan fingerprint density at radius 1 is 1.41 bits per heavy atom. The summed E-state index contributed by atoms with van der Waals surface area (Å²) < 4.78 is 0. The van der Waals surface area contributed by atoms with Crippen molar-refractivity contribution in [1.29, 1.82) is 0 Å². The number of benzene rings is 1. The molecule has 2 rings (SSSR count). The lowest BCUT2D eigenvalue weighted by molar-refractivity contribution is 0.282. The first-order valence-electron chi connectivity index (χ1n) is 7.54. The number of nitrogens with two attached hydrogens (primary N) is 1. The van der Waals surface area contributed by atoms with E-state index in [0.29, 0.717) is 5.96 Å². The Kier molecular flexibility index (Phi) is 5.97. The number of aromatic amines is 1. The topological polar surface area (TPSA) is 98.8 Å². The van der Waals surface area contributed by atoms with Gasteiger partial charge in [-0.25, -0.2) is 5.43 Å². The highest BCUT2D eigenvalue weighted by atomic mass is 16.3. The van der Waals surface area contributed by atoms with Gasteiger partial charge in [-0.15, -0.1) is 0 Å². The molecule has 0 atom stereocenters. The summed E-state index contributed by atoms with van der Waals surface area (Å²) in [6.45, 7) is 2.89. The summed E-state index contributed by atoms with van der Waals surface area (Å²) in [6, 6.07) is 5.77. The normalized spacial score (nSPS) is 12.4. The van der Waals surface area contributed by atoms with Crippen LogP contribution in [0.15, 0.2) is 34.5 Å². The third kappa shape index (κ3) is 4.33. The average Bonchev–Trinajstić information content (AvgIpc) is 2.94. The van der Waals surface area contributed by atoms with E-state index in [-0.39, 0.29) is 6.61 Å². The van der Waals surface area contributed by atoms with Crippen molar-refractivity contribution in [1.82, 2.24) is 10.4 Å². The molecule has 0 aliphatic heterocycles. The molecule has 1 aromatic carbocycles. The zero-order valence-electron chi connectivity index (χ0n) is 12.8. The number of hydrogen-bond acceptors (Lipinski definition) is 3. The fourth-order valence-electron chi connectivity index (χ4n) is 2.16. The van der Waals surface area contributed by atoms with Crippen molar-refractivity contribution < 1.29 is 5.11 Å². The van der Waals surface area contributed by atoms with Crippen molar-refractivity contribution in [3.05, 3.63) is 35.5 Å². The standard InChI is InChI=1S/C16H23N5O/c1-2-3-4-7-18-16(17)21-20-10-13-9-19-15-6-5-12(11-22)8-14(13)15/h5-6,8-10,19,22H,2-4,7,11H2,1H3,(H3,17,18,21). The Balaban J connectivity index is 1.98.